The highest BCUT2D eigenvalue weighted by Gasteiger charge is 2.00. The van der Waals surface area contributed by atoms with Crippen LogP contribution in [0.25, 0.3) is 0 Å². The number of rotatable bonds is 5. The standard InChI is InChI=1S/C11H15NO2/c13-9-5-4-8-11(14)12-10-6-2-1-3-7-10/h1-3,6-7,13H,4-5,8-9H2,(H,12,14). The van der Waals surface area contributed by atoms with Crippen molar-refractivity contribution >= 4 is 11.6 Å². The van der Waals surface area contributed by atoms with E-state index >= 15 is 0 Å². The molecule has 0 saturated heterocycles. The lowest BCUT2D eigenvalue weighted by atomic mass is 10.2. The number of benzene rings is 1. The Morgan fingerprint density at radius 2 is 1.93 bits per heavy atom. The highest BCUT2D eigenvalue weighted by Crippen LogP contribution is 2.06. The Hall–Kier alpha value is -1.35. The van der Waals surface area contributed by atoms with Crippen LogP contribution < -0.4 is 5.32 Å². The van der Waals surface area contributed by atoms with Crippen molar-refractivity contribution in [3.63, 3.8) is 0 Å². The number of amides is 1. The number of aliphatic hydroxyl groups excluding tert-OH is 1. The summed E-state index contributed by atoms with van der Waals surface area (Å²) in [6.07, 6.45) is 1.88. The van der Waals surface area contributed by atoms with Crippen LogP contribution in [0.3, 0.4) is 0 Å². The average Bonchev–Trinajstić information content (AvgIpc) is 2.20. The molecular formula is C11H15NO2. The van der Waals surface area contributed by atoms with Crippen LogP contribution in [0.2, 0.25) is 0 Å². The molecule has 0 fully saturated rings. The highest BCUT2D eigenvalue weighted by atomic mass is 16.2. The molecule has 0 spiro atoms. The molecule has 0 unspecified atom stereocenters. The smallest absolute Gasteiger partial charge is 0.224 e. The Kier molecular flexibility index (Phi) is 4.72. The van der Waals surface area contributed by atoms with Gasteiger partial charge in [-0.15, -0.1) is 0 Å². The highest BCUT2D eigenvalue weighted by molar-refractivity contribution is 5.90. The molecule has 1 amide bonds. The third kappa shape index (κ3) is 4.05. The SMILES string of the molecule is O=C(CCCCO)Nc1ccccc1. The van der Waals surface area contributed by atoms with Crippen LogP contribution in [-0.2, 0) is 4.79 Å². The van der Waals surface area contributed by atoms with Gasteiger partial charge in [0.1, 0.15) is 0 Å². The van der Waals surface area contributed by atoms with Gasteiger partial charge in [-0.25, -0.2) is 0 Å². The van der Waals surface area contributed by atoms with Crippen LogP contribution in [0.4, 0.5) is 5.69 Å². The summed E-state index contributed by atoms with van der Waals surface area (Å²) in [4.78, 5) is 11.3. The second-order valence-corrected chi connectivity index (χ2v) is 3.09. The maximum Gasteiger partial charge on any atom is 0.224 e. The van der Waals surface area contributed by atoms with Crippen LogP contribution in [0.5, 0.6) is 0 Å². The number of anilines is 1. The number of para-hydroxylation sites is 1. The van der Waals surface area contributed by atoms with E-state index in [0.717, 1.165) is 12.1 Å². The fraction of sp³-hybridized carbons (Fsp3) is 0.364. The molecule has 0 heterocycles. The van der Waals surface area contributed by atoms with Crippen LogP contribution >= 0.6 is 0 Å². The van der Waals surface area contributed by atoms with Crippen molar-refractivity contribution < 1.29 is 9.90 Å². The minimum absolute atomic E-state index is 0.00431. The summed E-state index contributed by atoms with van der Waals surface area (Å²) in [7, 11) is 0. The summed E-state index contributed by atoms with van der Waals surface area (Å²) in [5.74, 6) is 0.00431. The van der Waals surface area contributed by atoms with Gasteiger partial charge in [0.15, 0.2) is 0 Å². The molecule has 0 aliphatic rings. The van der Waals surface area contributed by atoms with Crippen molar-refractivity contribution in [2.75, 3.05) is 11.9 Å². The maximum atomic E-state index is 11.3. The number of unbranched alkanes of at least 4 members (excludes halogenated alkanes) is 1. The second kappa shape index (κ2) is 6.16. The van der Waals surface area contributed by atoms with E-state index in [1.807, 2.05) is 30.3 Å². The molecule has 0 radical (unpaired) electrons. The first kappa shape index (κ1) is 10.7. The minimum atomic E-state index is 0.00431. The Morgan fingerprint density at radius 1 is 1.21 bits per heavy atom. The summed E-state index contributed by atoms with van der Waals surface area (Å²) < 4.78 is 0. The molecule has 14 heavy (non-hydrogen) atoms. The fourth-order valence-electron chi connectivity index (χ4n) is 1.14. The molecule has 0 aliphatic carbocycles. The van der Waals surface area contributed by atoms with E-state index in [0.29, 0.717) is 12.8 Å². The summed E-state index contributed by atoms with van der Waals surface area (Å²) in [6.45, 7) is 0.151. The average molecular weight is 193 g/mol. The maximum absolute atomic E-state index is 11.3. The molecule has 3 heteroatoms. The van der Waals surface area contributed by atoms with Crippen LogP contribution in [0.1, 0.15) is 19.3 Å². The van der Waals surface area contributed by atoms with E-state index in [2.05, 4.69) is 5.32 Å². The number of aliphatic hydroxyl groups is 1. The predicted octanol–water partition coefficient (Wildman–Crippen LogP) is 1.79. The quantitative estimate of drug-likeness (QED) is 0.700. The summed E-state index contributed by atoms with van der Waals surface area (Å²) >= 11 is 0. The van der Waals surface area contributed by atoms with E-state index in [4.69, 9.17) is 5.11 Å². The van der Waals surface area contributed by atoms with Gasteiger partial charge in [-0.3, -0.25) is 4.79 Å². The van der Waals surface area contributed by atoms with Gasteiger partial charge in [0.25, 0.3) is 0 Å². The van der Waals surface area contributed by atoms with Gasteiger partial charge in [0, 0.05) is 18.7 Å². The molecule has 76 valence electrons. The van der Waals surface area contributed by atoms with E-state index in [9.17, 15) is 4.79 Å². The molecule has 1 aromatic carbocycles. The third-order valence-corrected chi connectivity index (χ3v) is 1.87. The number of carbonyl (C=O) groups is 1. The molecule has 1 rings (SSSR count). The molecule has 0 atom stereocenters. The van der Waals surface area contributed by atoms with Gasteiger partial charge in [0.05, 0.1) is 0 Å². The van der Waals surface area contributed by atoms with Gasteiger partial charge in [-0.05, 0) is 25.0 Å². The monoisotopic (exact) mass is 193 g/mol. The van der Waals surface area contributed by atoms with E-state index in [-0.39, 0.29) is 12.5 Å². The number of nitrogens with one attached hydrogen (secondary N) is 1. The Balaban J connectivity index is 2.27. The number of hydrogen-bond acceptors (Lipinski definition) is 2. The van der Waals surface area contributed by atoms with Crippen molar-refractivity contribution in [2.45, 2.75) is 19.3 Å². The molecule has 2 N–H and O–H groups in total. The van der Waals surface area contributed by atoms with Gasteiger partial charge in [0.2, 0.25) is 5.91 Å². The van der Waals surface area contributed by atoms with Crippen molar-refractivity contribution in [3.8, 4) is 0 Å². The lowest BCUT2D eigenvalue weighted by molar-refractivity contribution is -0.116. The predicted molar refractivity (Wildman–Crippen MR) is 56.0 cm³/mol. The fourth-order valence-corrected chi connectivity index (χ4v) is 1.14. The zero-order valence-electron chi connectivity index (χ0n) is 8.07. The van der Waals surface area contributed by atoms with Crippen molar-refractivity contribution in [3.05, 3.63) is 30.3 Å². The summed E-state index contributed by atoms with van der Waals surface area (Å²) in [6, 6.07) is 9.36. The Labute approximate surface area is 83.8 Å². The van der Waals surface area contributed by atoms with Gasteiger partial charge in [-0.1, -0.05) is 18.2 Å². The first-order chi connectivity index (χ1) is 6.83. The number of hydrogen-bond donors (Lipinski definition) is 2. The Bertz CT molecular complexity index is 272. The van der Waals surface area contributed by atoms with Gasteiger partial charge < -0.3 is 10.4 Å². The first-order valence-electron chi connectivity index (χ1n) is 4.78. The number of carbonyl (C=O) groups excluding carboxylic acids is 1. The molecule has 3 nitrogen and oxygen atoms in total. The van der Waals surface area contributed by atoms with Crippen molar-refractivity contribution in [1.29, 1.82) is 0 Å². The first-order valence-corrected chi connectivity index (χ1v) is 4.78. The zero-order valence-corrected chi connectivity index (χ0v) is 8.07. The van der Waals surface area contributed by atoms with E-state index < -0.39 is 0 Å². The normalized spacial score (nSPS) is 9.79. The molecule has 0 bridgehead atoms. The van der Waals surface area contributed by atoms with E-state index in [1.165, 1.54) is 0 Å². The van der Waals surface area contributed by atoms with Crippen molar-refractivity contribution in [2.24, 2.45) is 0 Å². The van der Waals surface area contributed by atoms with Crippen LogP contribution in [0, 0.1) is 0 Å². The topological polar surface area (TPSA) is 49.3 Å². The molecule has 1 aromatic rings. The van der Waals surface area contributed by atoms with Crippen LogP contribution in [0.15, 0.2) is 30.3 Å². The molecular weight excluding hydrogens is 178 g/mol. The molecule has 0 saturated carbocycles. The third-order valence-electron chi connectivity index (χ3n) is 1.87. The largest absolute Gasteiger partial charge is 0.396 e. The molecule has 0 aliphatic heterocycles. The van der Waals surface area contributed by atoms with E-state index in [1.54, 1.807) is 0 Å². The van der Waals surface area contributed by atoms with Crippen molar-refractivity contribution in [1.82, 2.24) is 0 Å². The summed E-state index contributed by atoms with van der Waals surface area (Å²) in [5, 5.41) is 11.3. The summed E-state index contributed by atoms with van der Waals surface area (Å²) in [5.41, 5.74) is 0.821. The lowest BCUT2D eigenvalue weighted by Gasteiger charge is -2.03. The molecule has 0 aromatic heterocycles. The van der Waals surface area contributed by atoms with Gasteiger partial charge >= 0.3 is 0 Å². The minimum Gasteiger partial charge on any atom is -0.396 e. The Morgan fingerprint density at radius 3 is 2.57 bits per heavy atom. The zero-order chi connectivity index (χ0) is 10.2. The lowest BCUT2D eigenvalue weighted by Crippen LogP contribution is -2.10. The van der Waals surface area contributed by atoms with Crippen LogP contribution in [-0.4, -0.2) is 17.6 Å². The van der Waals surface area contributed by atoms with Gasteiger partial charge in [-0.2, -0.15) is 0 Å². The second-order valence-electron chi connectivity index (χ2n) is 3.09.